The van der Waals surface area contributed by atoms with Crippen LogP contribution in [0.5, 0.6) is 0 Å². The Kier molecular flexibility index (Phi) is 4.03. The third-order valence-corrected chi connectivity index (χ3v) is 2.05. The zero-order chi connectivity index (χ0) is 10.6. The Bertz CT molecular complexity index is 312. The molecule has 4 nitrogen and oxygen atoms in total. The number of aromatic nitrogens is 1. The first kappa shape index (κ1) is 11.1. The van der Waals surface area contributed by atoms with Gasteiger partial charge in [0.2, 0.25) is 0 Å². The lowest BCUT2D eigenvalue weighted by Gasteiger charge is -2.11. The van der Waals surface area contributed by atoms with Crippen molar-refractivity contribution in [2.24, 2.45) is 0 Å². The van der Waals surface area contributed by atoms with E-state index in [2.05, 4.69) is 20.9 Å². The zero-order valence-corrected chi connectivity index (χ0v) is 9.19. The van der Waals surface area contributed by atoms with E-state index >= 15 is 0 Å². The molecule has 5 heteroatoms. The molecule has 0 saturated carbocycles. The fourth-order valence-corrected chi connectivity index (χ4v) is 1.23. The van der Waals surface area contributed by atoms with Gasteiger partial charge in [-0.3, -0.25) is 4.98 Å². The number of rotatable bonds is 4. The summed E-state index contributed by atoms with van der Waals surface area (Å²) in [6.45, 7) is 2.09. The minimum atomic E-state index is -1.03. The van der Waals surface area contributed by atoms with Crippen LogP contribution in [0.25, 0.3) is 0 Å². The van der Waals surface area contributed by atoms with E-state index in [0.29, 0.717) is 12.3 Å². The van der Waals surface area contributed by atoms with Crippen LogP contribution in [0.4, 0.5) is 0 Å². The van der Waals surface area contributed by atoms with E-state index in [-0.39, 0.29) is 0 Å². The minimum absolute atomic E-state index is 0.342. The van der Waals surface area contributed by atoms with E-state index in [0.717, 1.165) is 4.47 Å². The SMILES string of the molecule is CCOC(C(=O)O)c1ccc(Br)cn1. The summed E-state index contributed by atoms with van der Waals surface area (Å²) in [6, 6.07) is 3.36. The van der Waals surface area contributed by atoms with Crippen LogP contribution in [0.3, 0.4) is 0 Å². The third-order valence-electron chi connectivity index (χ3n) is 1.58. The highest BCUT2D eigenvalue weighted by molar-refractivity contribution is 9.10. The van der Waals surface area contributed by atoms with Crippen LogP contribution in [-0.2, 0) is 9.53 Å². The smallest absolute Gasteiger partial charge is 0.339 e. The first-order valence-electron chi connectivity index (χ1n) is 4.11. The molecule has 0 bridgehead atoms. The molecule has 0 radical (unpaired) electrons. The molecular weight excluding hydrogens is 250 g/mol. The van der Waals surface area contributed by atoms with E-state index in [1.165, 1.54) is 0 Å². The van der Waals surface area contributed by atoms with Gasteiger partial charge in [-0.2, -0.15) is 0 Å². The van der Waals surface area contributed by atoms with Crippen LogP contribution in [0.2, 0.25) is 0 Å². The van der Waals surface area contributed by atoms with Crippen LogP contribution in [0.1, 0.15) is 18.7 Å². The number of hydrogen-bond acceptors (Lipinski definition) is 3. The molecule has 14 heavy (non-hydrogen) atoms. The van der Waals surface area contributed by atoms with Crippen LogP contribution < -0.4 is 0 Å². The average Bonchev–Trinajstić information content (AvgIpc) is 2.15. The summed E-state index contributed by atoms with van der Waals surface area (Å²) >= 11 is 3.22. The van der Waals surface area contributed by atoms with Crippen molar-refractivity contribution in [1.29, 1.82) is 0 Å². The van der Waals surface area contributed by atoms with Gasteiger partial charge < -0.3 is 9.84 Å². The van der Waals surface area contributed by atoms with Crippen molar-refractivity contribution in [1.82, 2.24) is 4.98 Å². The van der Waals surface area contributed by atoms with Crippen molar-refractivity contribution in [3.63, 3.8) is 0 Å². The number of pyridine rings is 1. The van der Waals surface area contributed by atoms with Gasteiger partial charge in [0.15, 0.2) is 6.10 Å². The molecule has 0 aliphatic carbocycles. The number of nitrogens with zero attached hydrogens (tertiary/aromatic N) is 1. The molecule has 1 rings (SSSR count). The molecule has 0 fully saturated rings. The monoisotopic (exact) mass is 259 g/mol. The summed E-state index contributed by atoms with van der Waals surface area (Å²) < 4.78 is 5.86. The molecule has 1 unspecified atom stereocenters. The van der Waals surface area contributed by atoms with Crippen LogP contribution in [0, 0.1) is 0 Å². The van der Waals surface area contributed by atoms with Gasteiger partial charge in [0, 0.05) is 17.3 Å². The van der Waals surface area contributed by atoms with Gasteiger partial charge in [0.05, 0.1) is 5.69 Å². The molecule has 0 aliphatic heterocycles. The molecule has 0 amide bonds. The molecule has 1 aromatic rings. The van der Waals surface area contributed by atoms with E-state index in [4.69, 9.17) is 9.84 Å². The van der Waals surface area contributed by atoms with Gasteiger partial charge >= 0.3 is 5.97 Å². The highest BCUT2D eigenvalue weighted by atomic mass is 79.9. The van der Waals surface area contributed by atoms with E-state index < -0.39 is 12.1 Å². The van der Waals surface area contributed by atoms with Gasteiger partial charge in [-0.1, -0.05) is 0 Å². The van der Waals surface area contributed by atoms with Gasteiger partial charge in [-0.05, 0) is 35.0 Å². The number of aliphatic carboxylic acids is 1. The van der Waals surface area contributed by atoms with Gasteiger partial charge in [0.1, 0.15) is 0 Å². The maximum absolute atomic E-state index is 10.8. The molecule has 1 atom stereocenters. The van der Waals surface area contributed by atoms with Crippen LogP contribution in [-0.4, -0.2) is 22.7 Å². The van der Waals surface area contributed by atoms with Gasteiger partial charge in [-0.15, -0.1) is 0 Å². The summed E-state index contributed by atoms with van der Waals surface area (Å²) in [7, 11) is 0. The lowest BCUT2D eigenvalue weighted by Crippen LogP contribution is -2.16. The average molecular weight is 260 g/mol. The molecule has 0 aromatic carbocycles. The quantitative estimate of drug-likeness (QED) is 0.899. The van der Waals surface area contributed by atoms with Crippen molar-refractivity contribution in [3.8, 4) is 0 Å². The minimum Gasteiger partial charge on any atom is -0.479 e. The number of hydrogen-bond donors (Lipinski definition) is 1. The largest absolute Gasteiger partial charge is 0.479 e. The normalized spacial score (nSPS) is 12.4. The fraction of sp³-hybridized carbons (Fsp3) is 0.333. The number of carboxylic acids is 1. The van der Waals surface area contributed by atoms with E-state index in [1.54, 1.807) is 25.3 Å². The number of ether oxygens (including phenoxy) is 1. The zero-order valence-electron chi connectivity index (χ0n) is 7.61. The molecule has 1 aromatic heterocycles. The molecule has 0 aliphatic rings. The second-order valence-electron chi connectivity index (χ2n) is 2.57. The standard InChI is InChI=1S/C9H10BrNO3/c1-2-14-8(9(12)13)7-4-3-6(10)5-11-7/h3-5,8H,2H2,1H3,(H,12,13). The highest BCUT2D eigenvalue weighted by Crippen LogP contribution is 2.17. The summed E-state index contributed by atoms with van der Waals surface area (Å²) in [5.74, 6) is -1.03. The van der Waals surface area contributed by atoms with Crippen molar-refractivity contribution in [3.05, 3.63) is 28.5 Å². The van der Waals surface area contributed by atoms with Crippen LogP contribution >= 0.6 is 15.9 Å². The Balaban J connectivity index is 2.87. The predicted molar refractivity (Wildman–Crippen MR) is 53.9 cm³/mol. The van der Waals surface area contributed by atoms with Crippen molar-refractivity contribution in [2.75, 3.05) is 6.61 Å². The lowest BCUT2D eigenvalue weighted by atomic mass is 10.2. The Morgan fingerprint density at radius 1 is 1.71 bits per heavy atom. The second-order valence-corrected chi connectivity index (χ2v) is 3.49. The van der Waals surface area contributed by atoms with E-state index in [1.807, 2.05) is 0 Å². The first-order chi connectivity index (χ1) is 6.65. The lowest BCUT2D eigenvalue weighted by molar-refractivity contribution is -0.150. The summed E-state index contributed by atoms with van der Waals surface area (Å²) in [6.07, 6.45) is 0.567. The Morgan fingerprint density at radius 2 is 2.43 bits per heavy atom. The van der Waals surface area contributed by atoms with E-state index in [9.17, 15) is 4.79 Å². The number of halogens is 1. The Morgan fingerprint density at radius 3 is 2.86 bits per heavy atom. The van der Waals surface area contributed by atoms with Crippen molar-refractivity contribution < 1.29 is 14.6 Å². The second kappa shape index (κ2) is 5.07. The summed E-state index contributed by atoms with van der Waals surface area (Å²) in [4.78, 5) is 14.8. The summed E-state index contributed by atoms with van der Waals surface area (Å²) in [5.41, 5.74) is 0.405. The summed E-state index contributed by atoms with van der Waals surface area (Å²) in [5, 5.41) is 8.85. The molecule has 1 heterocycles. The van der Waals surface area contributed by atoms with Gasteiger partial charge in [-0.25, -0.2) is 4.79 Å². The van der Waals surface area contributed by atoms with Crippen LogP contribution in [0.15, 0.2) is 22.8 Å². The Labute approximate surface area is 90.0 Å². The molecule has 0 saturated heterocycles. The molecule has 1 N–H and O–H groups in total. The van der Waals surface area contributed by atoms with Crippen molar-refractivity contribution in [2.45, 2.75) is 13.0 Å². The fourth-order valence-electron chi connectivity index (χ4n) is 0.992. The maximum Gasteiger partial charge on any atom is 0.339 e. The molecule has 76 valence electrons. The number of carbonyl (C=O) groups is 1. The first-order valence-corrected chi connectivity index (χ1v) is 4.90. The molecular formula is C9H10BrNO3. The number of carboxylic acid groups (broad SMARTS) is 1. The Hall–Kier alpha value is -0.940. The molecule has 0 spiro atoms. The van der Waals surface area contributed by atoms with Gasteiger partial charge in [0.25, 0.3) is 0 Å². The van der Waals surface area contributed by atoms with Crippen molar-refractivity contribution >= 4 is 21.9 Å². The topological polar surface area (TPSA) is 59.4 Å². The highest BCUT2D eigenvalue weighted by Gasteiger charge is 2.20. The maximum atomic E-state index is 10.8. The third kappa shape index (κ3) is 2.78. The predicted octanol–water partition coefficient (Wildman–Crippen LogP) is 2.01.